The van der Waals surface area contributed by atoms with Gasteiger partial charge in [-0.15, -0.1) is 0 Å². The van der Waals surface area contributed by atoms with Crippen molar-refractivity contribution in [3.8, 4) is 0 Å². The Labute approximate surface area is 105 Å². The summed E-state index contributed by atoms with van der Waals surface area (Å²) in [4.78, 5) is 4.37. The van der Waals surface area contributed by atoms with E-state index < -0.39 is 0 Å². The zero-order valence-electron chi connectivity index (χ0n) is 9.67. The van der Waals surface area contributed by atoms with E-state index in [1.807, 2.05) is 12.4 Å². The van der Waals surface area contributed by atoms with E-state index in [9.17, 15) is 0 Å². The Balaban J connectivity index is 1.84. The maximum atomic E-state index is 5.69. The zero-order valence-corrected chi connectivity index (χ0v) is 10.5. The van der Waals surface area contributed by atoms with Gasteiger partial charge in [0.15, 0.2) is 5.65 Å². The molecule has 1 atom stereocenters. The van der Waals surface area contributed by atoms with Gasteiger partial charge in [-0.05, 0) is 36.7 Å². The van der Waals surface area contributed by atoms with Crippen LogP contribution < -0.4 is 5.73 Å². The molecule has 3 rings (SSSR count). The summed E-state index contributed by atoms with van der Waals surface area (Å²) < 4.78 is 1.78. The van der Waals surface area contributed by atoms with E-state index in [4.69, 9.17) is 5.73 Å². The van der Waals surface area contributed by atoms with Crippen LogP contribution in [0, 0.1) is 5.92 Å². The van der Waals surface area contributed by atoms with Crippen LogP contribution in [0.3, 0.4) is 0 Å². The van der Waals surface area contributed by atoms with E-state index in [0.717, 1.165) is 18.0 Å². The first-order valence-corrected chi connectivity index (χ1v) is 7.14. The molecule has 0 aromatic carbocycles. The highest BCUT2D eigenvalue weighted by molar-refractivity contribution is 7.99. The first-order chi connectivity index (χ1) is 8.33. The van der Waals surface area contributed by atoms with Crippen molar-refractivity contribution in [1.82, 2.24) is 14.6 Å². The normalized spacial score (nSPS) is 20.8. The van der Waals surface area contributed by atoms with Crippen LogP contribution >= 0.6 is 11.8 Å². The van der Waals surface area contributed by atoms with Crippen molar-refractivity contribution in [3.05, 3.63) is 24.2 Å². The van der Waals surface area contributed by atoms with Crippen molar-refractivity contribution >= 4 is 23.1 Å². The molecule has 0 saturated carbocycles. The van der Waals surface area contributed by atoms with Gasteiger partial charge in [0.1, 0.15) is 0 Å². The van der Waals surface area contributed by atoms with Gasteiger partial charge in [0.05, 0.1) is 24.3 Å². The topological polar surface area (TPSA) is 56.2 Å². The van der Waals surface area contributed by atoms with Crippen molar-refractivity contribution in [2.45, 2.75) is 19.3 Å². The second kappa shape index (κ2) is 4.56. The van der Waals surface area contributed by atoms with Gasteiger partial charge < -0.3 is 5.73 Å². The fourth-order valence-corrected chi connectivity index (χ4v) is 3.52. The molecule has 0 spiro atoms. The number of hydrogen-bond acceptors (Lipinski definition) is 4. The van der Waals surface area contributed by atoms with Gasteiger partial charge in [-0.2, -0.15) is 16.9 Å². The number of rotatable bonds is 2. The van der Waals surface area contributed by atoms with Gasteiger partial charge in [-0.3, -0.25) is 0 Å². The summed E-state index contributed by atoms with van der Waals surface area (Å²) in [5, 5.41) is 4.31. The van der Waals surface area contributed by atoms with Crippen molar-refractivity contribution in [3.63, 3.8) is 0 Å². The SMILES string of the molecule is Nc1cnc2c(CC3CCCSC3)cnn2c1. The van der Waals surface area contributed by atoms with Gasteiger partial charge in [-0.25, -0.2) is 9.50 Å². The van der Waals surface area contributed by atoms with E-state index >= 15 is 0 Å². The molecule has 2 aromatic rings. The molecule has 3 heterocycles. The molecule has 1 saturated heterocycles. The summed E-state index contributed by atoms with van der Waals surface area (Å²) in [6.07, 6.45) is 9.22. The summed E-state index contributed by atoms with van der Waals surface area (Å²) in [5.41, 5.74) is 8.55. The summed E-state index contributed by atoms with van der Waals surface area (Å²) in [6, 6.07) is 0. The lowest BCUT2D eigenvalue weighted by atomic mass is 9.98. The van der Waals surface area contributed by atoms with Crippen molar-refractivity contribution in [2.75, 3.05) is 17.2 Å². The maximum absolute atomic E-state index is 5.69. The minimum absolute atomic E-state index is 0.653. The third kappa shape index (κ3) is 2.24. The summed E-state index contributed by atoms with van der Waals surface area (Å²) in [6.45, 7) is 0. The number of nitrogens with two attached hydrogens (primary N) is 1. The first-order valence-electron chi connectivity index (χ1n) is 5.98. The molecule has 0 amide bonds. The number of hydrogen-bond donors (Lipinski definition) is 1. The lowest BCUT2D eigenvalue weighted by Gasteiger charge is -2.20. The van der Waals surface area contributed by atoms with Gasteiger partial charge >= 0.3 is 0 Å². The summed E-state index contributed by atoms with van der Waals surface area (Å²) >= 11 is 2.07. The Morgan fingerprint density at radius 3 is 3.24 bits per heavy atom. The molecule has 1 aliphatic heterocycles. The predicted molar refractivity (Wildman–Crippen MR) is 71.2 cm³/mol. The second-order valence-electron chi connectivity index (χ2n) is 4.61. The Bertz CT molecular complexity index is 516. The highest BCUT2D eigenvalue weighted by atomic mass is 32.2. The van der Waals surface area contributed by atoms with Crippen molar-refractivity contribution in [2.24, 2.45) is 5.92 Å². The molecule has 1 unspecified atom stereocenters. The Morgan fingerprint density at radius 2 is 2.41 bits per heavy atom. The summed E-state index contributed by atoms with van der Waals surface area (Å²) in [7, 11) is 0. The lowest BCUT2D eigenvalue weighted by Crippen LogP contribution is -2.13. The average Bonchev–Trinajstić information content (AvgIpc) is 2.73. The number of nitrogen functional groups attached to an aromatic ring is 1. The number of aromatic nitrogens is 3. The monoisotopic (exact) mass is 248 g/mol. The molecule has 0 radical (unpaired) electrons. The van der Waals surface area contributed by atoms with Crippen LogP contribution in [0.1, 0.15) is 18.4 Å². The third-order valence-corrected chi connectivity index (χ3v) is 4.50. The molecule has 90 valence electrons. The Hall–Kier alpha value is -1.23. The van der Waals surface area contributed by atoms with E-state index in [2.05, 4.69) is 21.8 Å². The highest BCUT2D eigenvalue weighted by Gasteiger charge is 2.16. The van der Waals surface area contributed by atoms with E-state index in [-0.39, 0.29) is 0 Å². The van der Waals surface area contributed by atoms with Crippen LogP contribution in [0.4, 0.5) is 5.69 Å². The van der Waals surface area contributed by atoms with E-state index in [1.54, 1.807) is 10.7 Å². The first kappa shape index (κ1) is 10.9. The molecular formula is C12H16N4S. The zero-order chi connectivity index (χ0) is 11.7. The molecule has 0 aliphatic carbocycles. The molecule has 2 N–H and O–H groups in total. The fourth-order valence-electron chi connectivity index (χ4n) is 2.36. The van der Waals surface area contributed by atoms with Gasteiger partial charge in [-0.1, -0.05) is 0 Å². The standard InChI is InChI=1S/C12H16N4S/c13-11-6-14-12-10(5-15-16(12)7-11)4-9-2-1-3-17-8-9/h5-7,9H,1-4,8,13H2. The number of anilines is 1. The molecule has 0 bridgehead atoms. The second-order valence-corrected chi connectivity index (χ2v) is 5.76. The van der Waals surface area contributed by atoms with Crippen molar-refractivity contribution in [1.29, 1.82) is 0 Å². The molecular weight excluding hydrogens is 232 g/mol. The fraction of sp³-hybridized carbons (Fsp3) is 0.500. The van der Waals surface area contributed by atoms with Crippen LogP contribution in [0.15, 0.2) is 18.6 Å². The number of fused-ring (bicyclic) bond motifs is 1. The smallest absolute Gasteiger partial charge is 0.158 e. The minimum Gasteiger partial charge on any atom is -0.396 e. The van der Waals surface area contributed by atoms with E-state index in [1.165, 1.54) is 29.9 Å². The largest absolute Gasteiger partial charge is 0.396 e. The van der Waals surface area contributed by atoms with Crippen molar-refractivity contribution < 1.29 is 0 Å². The number of thioether (sulfide) groups is 1. The summed E-state index contributed by atoms with van der Waals surface area (Å²) in [5.74, 6) is 3.37. The molecule has 17 heavy (non-hydrogen) atoms. The van der Waals surface area contributed by atoms with Gasteiger partial charge in [0, 0.05) is 5.56 Å². The molecule has 2 aromatic heterocycles. The van der Waals surface area contributed by atoms with Gasteiger partial charge in [0.2, 0.25) is 0 Å². The lowest BCUT2D eigenvalue weighted by molar-refractivity contribution is 0.522. The quantitative estimate of drug-likeness (QED) is 0.883. The van der Waals surface area contributed by atoms with Crippen LogP contribution in [0.2, 0.25) is 0 Å². The van der Waals surface area contributed by atoms with Crippen LogP contribution in [-0.2, 0) is 6.42 Å². The third-order valence-electron chi connectivity index (χ3n) is 3.21. The van der Waals surface area contributed by atoms with Crippen LogP contribution in [-0.4, -0.2) is 26.1 Å². The Morgan fingerprint density at radius 1 is 1.47 bits per heavy atom. The molecule has 4 nitrogen and oxygen atoms in total. The Kier molecular flexibility index (Phi) is 2.93. The molecule has 1 fully saturated rings. The molecule has 1 aliphatic rings. The maximum Gasteiger partial charge on any atom is 0.158 e. The minimum atomic E-state index is 0.653. The number of nitrogens with zero attached hydrogens (tertiary/aromatic N) is 3. The van der Waals surface area contributed by atoms with Gasteiger partial charge in [0.25, 0.3) is 0 Å². The van der Waals surface area contributed by atoms with Crippen LogP contribution in [0.5, 0.6) is 0 Å². The predicted octanol–water partition coefficient (Wildman–Crippen LogP) is 2.00. The highest BCUT2D eigenvalue weighted by Crippen LogP contribution is 2.26. The average molecular weight is 248 g/mol. The van der Waals surface area contributed by atoms with E-state index in [0.29, 0.717) is 5.69 Å². The molecule has 5 heteroatoms. The van der Waals surface area contributed by atoms with Crippen LogP contribution in [0.25, 0.3) is 5.65 Å².